The molecule has 114 valence electrons. The fourth-order valence-corrected chi connectivity index (χ4v) is 4.08. The number of halogens is 1. The lowest BCUT2D eigenvalue weighted by molar-refractivity contribution is 0.242. The van der Waals surface area contributed by atoms with Gasteiger partial charge in [-0.1, -0.05) is 22.9 Å². The topological polar surface area (TPSA) is 68.3 Å². The van der Waals surface area contributed by atoms with Crippen molar-refractivity contribution in [1.29, 1.82) is 0 Å². The molecule has 0 aliphatic carbocycles. The van der Waals surface area contributed by atoms with Gasteiger partial charge in [0.05, 0.1) is 18.0 Å². The van der Waals surface area contributed by atoms with Crippen molar-refractivity contribution in [2.24, 2.45) is 0 Å². The second-order valence-corrected chi connectivity index (χ2v) is 8.20. The van der Waals surface area contributed by atoms with E-state index in [1.807, 2.05) is 20.8 Å². The number of thiazole rings is 1. The van der Waals surface area contributed by atoms with E-state index in [0.717, 1.165) is 16.9 Å². The second-order valence-electron chi connectivity index (χ2n) is 4.68. The molecule has 1 N–H and O–H groups in total. The van der Waals surface area contributed by atoms with E-state index in [-0.39, 0.29) is 14.8 Å². The Kier molecular flexibility index (Phi) is 4.75. The van der Waals surface area contributed by atoms with Gasteiger partial charge in [-0.3, -0.25) is 4.72 Å². The molecule has 0 unspecified atom stereocenters. The number of aromatic nitrogens is 1. The van der Waals surface area contributed by atoms with E-state index in [1.54, 1.807) is 18.2 Å². The van der Waals surface area contributed by atoms with Crippen LogP contribution in [0, 0.1) is 6.92 Å². The summed E-state index contributed by atoms with van der Waals surface area (Å²) in [6.07, 6.45) is 1.30. The summed E-state index contributed by atoms with van der Waals surface area (Å²) in [4.78, 5) is 3.74. The van der Waals surface area contributed by atoms with Gasteiger partial charge in [-0.25, -0.2) is 13.4 Å². The van der Waals surface area contributed by atoms with Crippen LogP contribution in [0.15, 0.2) is 28.6 Å². The summed E-state index contributed by atoms with van der Waals surface area (Å²) >= 11 is 6.58. The molecule has 0 fully saturated rings. The Hall–Kier alpha value is -1.31. The summed E-state index contributed by atoms with van der Waals surface area (Å²) in [5.74, 6) is 0.700. The predicted octanol–water partition coefficient (Wildman–Crippen LogP) is 3.69. The third kappa shape index (κ3) is 4.09. The van der Waals surface area contributed by atoms with Crippen LogP contribution in [0.5, 0.6) is 5.75 Å². The van der Waals surface area contributed by atoms with Crippen molar-refractivity contribution in [3.63, 3.8) is 0 Å². The van der Waals surface area contributed by atoms with Crippen LogP contribution in [-0.2, 0) is 10.0 Å². The maximum absolute atomic E-state index is 12.2. The average molecular weight is 347 g/mol. The molecule has 0 amide bonds. The zero-order valence-corrected chi connectivity index (χ0v) is 14.1. The van der Waals surface area contributed by atoms with Gasteiger partial charge in [-0.2, -0.15) is 0 Å². The average Bonchev–Trinajstić information content (AvgIpc) is 2.79. The van der Waals surface area contributed by atoms with Crippen molar-refractivity contribution in [2.75, 3.05) is 4.72 Å². The van der Waals surface area contributed by atoms with E-state index in [1.165, 1.54) is 6.20 Å². The van der Waals surface area contributed by atoms with Gasteiger partial charge in [-0.15, -0.1) is 0 Å². The standard InChI is InChI=1S/C13H15ClN2O3S2/c1-8(2)19-10-4-5-11(9(3)6-10)16-21(17,18)12-7-15-13(14)20-12/h4-8,16H,1-3H3. The minimum Gasteiger partial charge on any atom is -0.491 e. The molecule has 0 radical (unpaired) electrons. The van der Waals surface area contributed by atoms with Crippen LogP contribution >= 0.6 is 22.9 Å². The molecule has 2 rings (SSSR count). The van der Waals surface area contributed by atoms with Crippen LogP contribution in [-0.4, -0.2) is 19.5 Å². The molecule has 1 aromatic heterocycles. The maximum atomic E-state index is 12.2. The smallest absolute Gasteiger partial charge is 0.273 e. The second kappa shape index (κ2) is 6.21. The molecule has 1 heterocycles. The molecule has 0 aliphatic heterocycles. The van der Waals surface area contributed by atoms with Gasteiger partial charge < -0.3 is 4.74 Å². The van der Waals surface area contributed by atoms with Gasteiger partial charge in [0.2, 0.25) is 0 Å². The fraction of sp³-hybridized carbons (Fsp3) is 0.308. The molecule has 2 aromatic rings. The number of benzene rings is 1. The third-order valence-corrected chi connectivity index (χ3v) is 5.48. The molecular weight excluding hydrogens is 332 g/mol. The van der Waals surface area contributed by atoms with E-state index >= 15 is 0 Å². The monoisotopic (exact) mass is 346 g/mol. The summed E-state index contributed by atoms with van der Waals surface area (Å²) in [6.45, 7) is 5.67. The Bertz CT molecular complexity index is 742. The maximum Gasteiger partial charge on any atom is 0.273 e. The number of rotatable bonds is 5. The summed E-state index contributed by atoms with van der Waals surface area (Å²) in [5.41, 5.74) is 1.27. The van der Waals surface area contributed by atoms with E-state index in [2.05, 4.69) is 9.71 Å². The van der Waals surface area contributed by atoms with Crippen molar-refractivity contribution in [3.8, 4) is 5.75 Å². The van der Waals surface area contributed by atoms with Gasteiger partial charge in [-0.05, 0) is 44.5 Å². The molecule has 0 bridgehead atoms. The van der Waals surface area contributed by atoms with Crippen molar-refractivity contribution in [2.45, 2.75) is 31.1 Å². The summed E-state index contributed by atoms with van der Waals surface area (Å²) in [7, 11) is -3.67. The number of sulfonamides is 1. The summed E-state index contributed by atoms with van der Waals surface area (Å²) in [5, 5.41) is 0. The van der Waals surface area contributed by atoms with E-state index in [4.69, 9.17) is 16.3 Å². The predicted molar refractivity (Wildman–Crippen MR) is 84.9 cm³/mol. The highest BCUT2D eigenvalue weighted by atomic mass is 35.5. The van der Waals surface area contributed by atoms with E-state index in [9.17, 15) is 8.42 Å². The van der Waals surface area contributed by atoms with Crippen LogP contribution in [0.1, 0.15) is 19.4 Å². The van der Waals surface area contributed by atoms with Crippen molar-refractivity contribution in [1.82, 2.24) is 4.98 Å². The molecule has 5 nitrogen and oxygen atoms in total. The molecular formula is C13H15ClN2O3S2. The van der Waals surface area contributed by atoms with Crippen molar-refractivity contribution >= 4 is 38.6 Å². The number of aryl methyl sites for hydroxylation is 1. The van der Waals surface area contributed by atoms with Crippen LogP contribution < -0.4 is 9.46 Å². The Balaban J connectivity index is 2.23. The lowest BCUT2D eigenvalue weighted by Gasteiger charge is -2.13. The Labute approximate surface area is 133 Å². The highest BCUT2D eigenvalue weighted by Crippen LogP contribution is 2.27. The largest absolute Gasteiger partial charge is 0.491 e. The van der Waals surface area contributed by atoms with E-state index < -0.39 is 10.0 Å². The highest BCUT2D eigenvalue weighted by molar-refractivity contribution is 7.94. The number of hydrogen-bond acceptors (Lipinski definition) is 5. The van der Waals surface area contributed by atoms with Crippen LogP contribution in [0.3, 0.4) is 0 Å². The number of hydrogen-bond donors (Lipinski definition) is 1. The first-order valence-electron chi connectivity index (χ1n) is 6.19. The first-order valence-corrected chi connectivity index (χ1v) is 8.87. The number of anilines is 1. The zero-order valence-electron chi connectivity index (χ0n) is 11.8. The quantitative estimate of drug-likeness (QED) is 0.896. The summed E-state index contributed by atoms with van der Waals surface area (Å²) in [6, 6.07) is 5.19. The van der Waals surface area contributed by atoms with Gasteiger partial charge in [0.1, 0.15) is 5.75 Å². The molecule has 0 saturated carbocycles. The lowest BCUT2D eigenvalue weighted by atomic mass is 10.2. The van der Waals surface area contributed by atoms with Gasteiger partial charge in [0.25, 0.3) is 10.0 Å². The Morgan fingerprint density at radius 3 is 2.62 bits per heavy atom. The Morgan fingerprint density at radius 2 is 2.10 bits per heavy atom. The van der Waals surface area contributed by atoms with Crippen LogP contribution in [0.2, 0.25) is 4.47 Å². The van der Waals surface area contributed by atoms with Gasteiger partial charge in [0.15, 0.2) is 8.68 Å². The van der Waals surface area contributed by atoms with Crippen LogP contribution in [0.4, 0.5) is 5.69 Å². The van der Waals surface area contributed by atoms with E-state index in [0.29, 0.717) is 11.4 Å². The molecule has 0 aliphatic rings. The first kappa shape index (κ1) is 16.1. The minimum atomic E-state index is -3.67. The molecule has 0 spiro atoms. The van der Waals surface area contributed by atoms with Gasteiger partial charge in [0, 0.05) is 0 Å². The van der Waals surface area contributed by atoms with Gasteiger partial charge >= 0.3 is 0 Å². The highest BCUT2D eigenvalue weighted by Gasteiger charge is 2.18. The van der Waals surface area contributed by atoms with Crippen LogP contribution in [0.25, 0.3) is 0 Å². The fourth-order valence-electron chi connectivity index (χ4n) is 1.65. The minimum absolute atomic E-state index is 0.0614. The third-order valence-electron chi connectivity index (χ3n) is 2.54. The lowest BCUT2D eigenvalue weighted by Crippen LogP contribution is -2.12. The molecule has 1 aromatic carbocycles. The number of nitrogens with one attached hydrogen (secondary N) is 1. The van der Waals surface area contributed by atoms with Crippen molar-refractivity contribution < 1.29 is 13.2 Å². The number of ether oxygens (including phenoxy) is 1. The summed E-state index contributed by atoms with van der Waals surface area (Å²) < 4.78 is 32.8. The molecule has 0 atom stereocenters. The molecule has 0 saturated heterocycles. The zero-order chi connectivity index (χ0) is 15.6. The first-order chi connectivity index (χ1) is 9.78. The Morgan fingerprint density at radius 1 is 1.38 bits per heavy atom. The molecule has 21 heavy (non-hydrogen) atoms. The normalized spacial score (nSPS) is 11.7. The number of nitrogens with zero attached hydrogens (tertiary/aromatic N) is 1. The van der Waals surface area contributed by atoms with Crippen molar-refractivity contribution in [3.05, 3.63) is 34.4 Å². The molecule has 8 heteroatoms. The SMILES string of the molecule is Cc1cc(OC(C)C)ccc1NS(=O)(=O)c1cnc(Cl)s1.